The number of carbonyl (C=O) groups excluding carboxylic acids is 1. The molecule has 0 aromatic carbocycles. The minimum absolute atomic E-state index is 0. The number of rotatable bonds is 2. The van der Waals surface area contributed by atoms with Gasteiger partial charge in [0.1, 0.15) is 0 Å². The molecule has 18 heavy (non-hydrogen) atoms. The Morgan fingerprint density at radius 3 is 2.56 bits per heavy atom. The van der Waals surface area contributed by atoms with Gasteiger partial charge in [-0.15, -0.1) is 12.4 Å². The van der Waals surface area contributed by atoms with Crippen molar-refractivity contribution < 1.29 is 4.79 Å². The van der Waals surface area contributed by atoms with Gasteiger partial charge in [0.2, 0.25) is 5.91 Å². The van der Waals surface area contributed by atoms with Crippen LogP contribution in [-0.2, 0) is 4.79 Å². The van der Waals surface area contributed by atoms with Gasteiger partial charge in [-0.1, -0.05) is 12.8 Å². The molecule has 0 bridgehead atoms. The van der Waals surface area contributed by atoms with Gasteiger partial charge < -0.3 is 10.6 Å². The van der Waals surface area contributed by atoms with E-state index in [0.29, 0.717) is 23.8 Å². The van der Waals surface area contributed by atoms with E-state index >= 15 is 0 Å². The molecular weight excluding hydrogens is 248 g/mol. The highest BCUT2D eigenvalue weighted by Gasteiger charge is 2.46. The molecule has 2 N–H and O–H groups in total. The van der Waals surface area contributed by atoms with E-state index in [2.05, 4.69) is 4.90 Å². The molecule has 1 saturated heterocycles. The van der Waals surface area contributed by atoms with Gasteiger partial charge in [0, 0.05) is 19.0 Å². The molecule has 3 nitrogen and oxygen atoms in total. The Morgan fingerprint density at radius 1 is 1.22 bits per heavy atom. The zero-order valence-electron chi connectivity index (χ0n) is 11.1. The SMILES string of the molecule is Cl.NC[C@H]1CCC[C@H]1C(=O)N1CCC2(CCC2)C1. The van der Waals surface area contributed by atoms with Crippen molar-refractivity contribution >= 4 is 18.3 Å². The van der Waals surface area contributed by atoms with Gasteiger partial charge in [-0.05, 0) is 50.0 Å². The number of hydrogen-bond donors (Lipinski definition) is 1. The second kappa shape index (κ2) is 5.38. The molecule has 1 aliphatic heterocycles. The third-order valence-electron chi connectivity index (χ3n) is 5.44. The van der Waals surface area contributed by atoms with E-state index in [0.717, 1.165) is 25.9 Å². The summed E-state index contributed by atoms with van der Waals surface area (Å²) in [6.07, 6.45) is 8.74. The summed E-state index contributed by atoms with van der Waals surface area (Å²) < 4.78 is 0. The van der Waals surface area contributed by atoms with Gasteiger partial charge in [-0.25, -0.2) is 0 Å². The van der Waals surface area contributed by atoms with E-state index in [9.17, 15) is 4.79 Å². The highest BCUT2D eigenvalue weighted by molar-refractivity contribution is 5.85. The van der Waals surface area contributed by atoms with Crippen molar-refractivity contribution in [3.63, 3.8) is 0 Å². The first-order chi connectivity index (χ1) is 8.24. The third kappa shape index (κ3) is 2.27. The topological polar surface area (TPSA) is 46.3 Å². The Labute approximate surface area is 116 Å². The van der Waals surface area contributed by atoms with Crippen molar-refractivity contribution in [2.24, 2.45) is 23.0 Å². The highest BCUT2D eigenvalue weighted by atomic mass is 35.5. The minimum Gasteiger partial charge on any atom is -0.342 e. The number of halogens is 1. The number of carbonyl (C=O) groups is 1. The lowest BCUT2D eigenvalue weighted by molar-refractivity contribution is -0.136. The fourth-order valence-electron chi connectivity index (χ4n) is 4.09. The molecule has 2 aliphatic carbocycles. The van der Waals surface area contributed by atoms with E-state index in [4.69, 9.17) is 5.73 Å². The third-order valence-corrected chi connectivity index (χ3v) is 5.44. The molecule has 0 radical (unpaired) electrons. The molecule has 1 spiro atoms. The zero-order valence-corrected chi connectivity index (χ0v) is 11.9. The van der Waals surface area contributed by atoms with Crippen molar-refractivity contribution in [2.45, 2.75) is 44.9 Å². The lowest BCUT2D eigenvalue weighted by Gasteiger charge is -2.38. The van der Waals surface area contributed by atoms with E-state index in [1.54, 1.807) is 0 Å². The van der Waals surface area contributed by atoms with Crippen molar-refractivity contribution in [1.29, 1.82) is 0 Å². The number of nitrogens with zero attached hydrogens (tertiary/aromatic N) is 1. The van der Waals surface area contributed by atoms with Crippen LogP contribution in [0.4, 0.5) is 0 Å². The molecule has 1 amide bonds. The summed E-state index contributed by atoms with van der Waals surface area (Å²) in [6, 6.07) is 0. The molecule has 0 aromatic rings. The van der Waals surface area contributed by atoms with Crippen molar-refractivity contribution in [2.75, 3.05) is 19.6 Å². The Hall–Kier alpha value is -0.280. The summed E-state index contributed by atoms with van der Waals surface area (Å²) in [7, 11) is 0. The summed E-state index contributed by atoms with van der Waals surface area (Å²) in [6.45, 7) is 2.74. The molecule has 4 heteroatoms. The van der Waals surface area contributed by atoms with Crippen molar-refractivity contribution in [3.8, 4) is 0 Å². The number of hydrogen-bond acceptors (Lipinski definition) is 2. The summed E-state index contributed by atoms with van der Waals surface area (Å²) in [5.41, 5.74) is 6.31. The van der Waals surface area contributed by atoms with Crippen LogP contribution in [0.5, 0.6) is 0 Å². The minimum atomic E-state index is 0. The van der Waals surface area contributed by atoms with Gasteiger partial charge in [0.25, 0.3) is 0 Å². The van der Waals surface area contributed by atoms with Crippen LogP contribution >= 0.6 is 12.4 Å². The smallest absolute Gasteiger partial charge is 0.226 e. The highest BCUT2D eigenvalue weighted by Crippen LogP contribution is 2.48. The fourth-order valence-corrected chi connectivity index (χ4v) is 4.09. The summed E-state index contributed by atoms with van der Waals surface area (Å²) >= 11 is 0. The summed E-state index contributed by atoms with van der Waals surface area (Å²) in [4.78, 5) is 14.7. The number of likely N-dealkylation sites (tertiary alicyclic amines) is 1. The van der Waals surface area contributed by atoms with E-state index in [1.165, 1.54) is 32.1 Å². The summed E-state index contributed by atoms with van der Waals surface area (Å²) in [5.74, 6) is 1.12. The standard InChI is InChI=1S/C14H24N2O.ClH/c15-9-11-3-1-4-12(11)13(17)16-8-7-14(10-16)5-2-6-14;/h11-12H,1-10,15H2;1H/t11-,12-;/m1./s1. The molecule has 3 fully saturated rings. The second-order valence-corrected chi connectivity index (χ2v) is 6.40. The first-order valence-corrected chi connectivity index (χ1v) is 7.23. The average molecular weight is 273 g/mol. The van der Waals surface area contributed by atoms with Gasteiger partial charge >= 0.3 is 0 Å². The van der Waals surface area contributed by atoms with Crippen LogP contribution < -0.4 is 5.73 Å². The molecule has 3 rings (SSSR count). The molecule has 0 aromatic heterocycles. The van der Waals surface area contributed by atoms with Crippen molar-refractivity contribution in [3.05, 3.63) is 0 Å². The fraction of sp³-hybridized carbons (Fsp3) is 0.929. The predicted octanol–water partition coefficient (Wildman–Crippen LogP) is 2.19. The Balaban J connectivity index is 0.00000120. The van der Waals surface area contributed by atoms with E-state index < -0.39 is 0 Å². The number of amides is 1. The largest absolute Gasteiger partial charge is 0.342 e. The van der Waals surface area contributed by atoms with Crippen LogP contribution in [0.2, 0.25) is 0 Å². The zero-order chi connectivity index (χ0) is 11.9. The molecule has 3 aliphatic rings. The lowest BCUT2D eigenvalue weighted by Crippen LogP contribution is -2.40. The van der Waals surface area contributed by atoms with E-state index in [-0.39, 0.29) is 18.3 Å². The Kier molecular flexibility index (Phi) is 4.22. The molecule has 104 valence electrons. The summed E-state index contributed by atoms with van der Waals surface area (Å²) in [5, 5.41) is 0. The first-order valence-electron chi connectivity index (χ1n) is 7.23. The Morgan fingerprint density at radius 2 is 2.00 bits per heavy atom. The van der Waals surface area contributed by atoms with Gasteiger partial charge in [0.15, 0.2) is 0 Å². The molecule has 2 atom stereocenters. The Bertz CT molecular complexity index is 317. The van der Waals surface area contributed by atoms with Crippen LogP contribution in [0.1, 0.15) is 44.9 Å². The van der Waals surface area contributed by atoms with Crippen LogP contribution in [-0.4, -0.2) is 30.4 Å². The quantitative estimate of drug-likeness (QED) is 0.838. The average Bonchev–Trinajstić information content (AvgIpc) is 2.93. The molecule has 2 saturated carbocycles. The van der Waals surface area contributed by atoms with Gasteiger partial charge in [-0.3, -0.25) is 4.79 Å². The molecule has 1 heterocycles. The normalized spacial score (nSPS) is 33.3. The van der Waals surface area contributed by atoms with Gasteiger partial charge in [-0.2, -0.15) is 0 Å². The lowest BCUT2D eigenvalue weighted by atomic mass is 9.68. The predicted molar refractivity (Wildman–Crippen MR) is 74.6 cm³/mol. The molecule has 0 unspecified atom stereocenters. The maximum absolute atomic E-state index is 12.5. The van der Waals surface area contributed by atoms with Crippen molar-refractivity contribution in [1.82, 2.24) is 4.90 Å². The second-order valence-electron chi connectivity index (χ2n) is 6.40. The maximum Gasteiger partial charge on any atom is 0.226 e. The van der Waals surface area contributed by atoms with Crippen LogP contribution in [0, 0.1) is 17.3 Å². The number of nitrogens with two attached hydrogens (primary N) is 1. The first kappa shape index (κ1) is 14.1. The molecular formula is C14H25ClN2O. The van der Waals surface area contributed by atoms with E-state index in [1.807, 2.05) is 0 Å². The monoisotopic (exact) mass is 272 g/mol. The van der Waals surface area contributed by atoms with Crippen LogP contribution in [0.15, 0.2) is 0 Å². The van der Waals surface area contributed by atoms with Crippen LogP contribution in [0.3, 0.4) is 0 Å². The van der Waals surface area contributed by atoms with Crippen LogP contribution in [0.25, 0.3) is 0 Å². The van der Waals surface area contributed by atoms with Gasteiger partial charge in [0.05, 0.1) is 0 Å². The maximum atomic E-state index is 12.5.